The van der Waals surface area contributed by atoms with E-state index in [0.717, 1.165) is 66.5 Å². The zero-order valence-corrected chi connectivity index (χ0v) is 42.2. The highest BCUT2D eigenvalue weighted by atomic mass is 14.9. The summed E-state index contributed by atoms with van der Waals surface area (Å²) in [5, 5.41) is 2.87. The third kappa shape index (κ3) is 10.3. The van der Waals surface area contributed by atoms with Crippen LogP contribution in [-0.4, -0.2) is 15.0 Å². The van der Waals surface area contributed by atoms with E-state index in [0.29, 0.717) is 0 Å². The first kappa shape index (κ1) is 35.5. The van der Waals surface area contributed by atoms with E-state index >= 15 is 0 Å². The molecule has 3 aromatic carbocycles. The topological polar surface area (TPSA) is 50.3 Å². The van der Waals surface area contributed by atoms with Crippen LogP contribution in [-0.2, 0) is 32.0 Å². The lowest BCUT2D eigenvalue weighted by atomic mass is 9.81. The van der Waals surface area contributed by atoms with E-state index in [1.807, 2.05) is 49.9 Å². The van der Waals surface area contributed by atoms with Gasteiger partial charge in [0.15, 0.2) is 18.6 Å². The molecular formula is C62H73N6+3. The van der Waals surface area contributed by atoms with Crippen molar-refractivity contribution in [3.8, 4) is 33.8 Å². The maximum Gasteiger partial charge on any atom is 0.212 e. The second-order valence-electron chi connectivity index (χ2n) is 20.3. The number of nitrogens with zero attached hydrogens (tertiary/aromatic N) is 6. The van der Waals surface area contributed by atoms with Gasteiger partial charge in [0.1, 0.15) is 21.1 Å². The Hall–Kier alpha value is -6.66. The van der Waals surface area contributed by atoms with Crippen LogP contribution in [0.5, 0.6) is 0 Å². The van der Waals surface area contributed by atoms with Crippen molar-refractivity contribution in [2.45, 2.75) is 114 Å². The molecule has 0 radical (unpaired) electrons. The molecule has 0 bridgehead atoms. The molecule has 0 aliphatic carbocycles. The average Bonchev–Trinajstić information content (AvgIpc) is 3.56. The van der Waals surface area contributed by atoms with Crippen LogP contribution in [0.4, 0.5) is 0 Å². The molecule has 6 heterocycles. The molecule has 0 atom stereocenters. The van der Waals surface area contributed by atoms with E-state index in [1.165, 1.54) is 51.3 Å². The second-order valence-corrected chi connectivity index (χ2v) is 20.3. The zero-order chi connectivity index (χ0) is 59.6. The highest BCUT2D eigenvalue weighted by Crippen LogP contribution is 2.38. The Morgan fingerprint density at radius 3 is 1.24 bits per heavy atom. The normalized spacial score (nSPS) is 15.0. The fourth-order valence-electron chi connectivity index (χ4n) is 9.16. The molecule has 0 aliphatic heterocycles. The smallest absolute Gasteiger partial charge is 0.212 e. The number of fused-ring (bicyclic) bond motifs is 3. The minimum Gasteiger partial charge on any atom is -0.256 e. The van der Waals surface area contributed by atoms with Crippen LogP contribution in [0.3, 0.4) is 0 Å². The van der Waals surface area contributed by atoms with Crippen LogP contribution in [0.25, 0.3) is 66.5 Å². The molecule has 0 fully saturated rings. The summed E-state index contributed by atoms with van der Waals surface area (Å²) in [5.41, 5.74) is 17.4. The van der Waals surface area contributed by atoms with E-state index in [1.54, 1.807) is 54.3 Å². The predicted molar refractivity (Wildman–Crippen MR) is 285 cm³/mol. The Balaban J connectivity index is 0.000000174. The first-order valence-electron chi connectivity index (χ1n) is 29.0. The van der Waals surface area contributed by atoms with E-state index in [-0.39, 0.29) is 33.1 Å². The lowest BCUT2D eigenvalue weighted by Crippen LogP contribution is -2.31. The van der Waals surface area contributed by atoms with Crippen LogP contribution in [0.2, 0.25) is 0 Å². The summed E-state index contributed by atoms with van der Waals surface area (Å²) in [5.74, 6) is 0. The summed E-state index contributed by atoms with van der Waals surface area (Å²) in [6, 6.07) is 25.1. The molecular weight excluding hydrogens is 829 g/mol. The van der Waals surface area contributed by atoms with Gasteiger partial charge in [0, 0.05) is 86.1 Å². The molecule has 6 nitrogen and oxygen atoms in total. The van der Waals surface area contributed by atoms with E-state index in [2.05, 4.69) is 120 Å². The predicted octanol–water partition coefficient (Wildman–Crippen LogP) is 13.5. The number of aryl methyl sites for hydroxylation is 12. The van der Waals surface area contributed by atoms with Crippen molar-refractivity contribution in [2.75, 3.05) is 0 Å². The maximum absolute atomic E-state index is 7.75. The number of rotatable bonds is 3. The highest BCUT2D eigenvalue weighted by molar-refractivity contribution is 5.93. The van der Waals surface area contributed by atoms with Gasteiger partial charge in [-0.15, -0.1) is 0 Å². The molecule has 0 saturated heterocycles. The number of hydrogen-bond donors (Lipinski definition) is 0. The van der Waals surface area contributed by atoms with Crippen LogP contribution in [0.15, 0.2) is 116 Å². The van der Waals surface area contributed by atoms with Crippen molar-refractivity contribution in [1.29, 1.82) is 0 Å². The molecule has 6 heteroatoms. The molecule has 0 spiro atoms. The molecule has 0 N–H and O–H groups in total. The van der Waals surface area contributed by atoms with Crippen molar-refractivity contribution in [1.82, 2.24) is 15.0 Å². The van der Waals surface area contributed by atoms with Crippen molar-refractivity contribution in [3.63, 3.8) is 0 Å². The number of hydrogen-bond acceptors (Lipinski definition) is 3. The molecule has 348 valence electrons. The van der Waals surface area contributed by atoms with Gasteiger partial charge >= 0.3 is 0 Å². The largest absolute Gasteiger partial charge is 0.256 e. The van der Waals surface area contributed by atoms with Gasteiger partial charge in [-0.1, -0.05) is 47.6 Å². The number of aromatic nitrogens is 6. The summed E-state index contributed by atoms with van der Waals surface area (Å²) >= 11 is 0. The van der Waals surface area contributed by atoms with Crippen molar-refractivity contribution >= 4 is 32.7 Å². The van der Waals surface area contributed by atoms with Gasteiger partial charge in [-0.2, -0.15) is 0 Å². The first-order chi connectivity index (χ1) is 36.8. The van der Waals surface area contributed by atoms with Crippen molar-refractivity contribution in [2.24, 2.45) is 21.1 Å². The minimum atomic E-state index is -2.22. The van der Waals surface area contributed by atoms with Crippen molar-refractivity contribution in [3.05, 3.63) is 177 Å². The van der Waals surface area contributed by atoms with Gasteiger partial charge in [-0.25, -0.2) is 13.7 Å². The molecule has 68 heavy (non-hydrogen) atoms. The van der Waals surface area contributed by atoms with Gasteiger partial charge in [0.2, 0.25) is 17.1 Å². The van der Waals surface area contributed by atoms with E-state index in [9.17, 15) is 0 Å². The SMILES string of the molecule is Cc1cnc2c(C)c(-c3ccc(C)c[n+]3C)cc(C(C)(C)C)c2c1.[2H]C([2H])([2H])c1cnc2c(C)c(-c3ccc(C([2H])([2H])[2H])c[n+]3C)cc(C(C)(C)C)c2c1.[2H]C([2H])([2H])c1cnc2c(C)c(-c3ccc(C([2H])([2H])[2H])c[n+]3C)ccc2c1. The molecule has 9 aromatic rings. The number of pyridine rings is 6. The summed E-state index contributed by atoms with van der Waals surface area (Å²) in [4.78, 5) is 13.7. The average molecular weight is 914 g/mol. The summed E-state index contributed by atoms with van der Waals surface area (Å²) in [7, 11) is 5.75. The molecule has 0 amide bonds. The monoisotopic (exact) mass is 914 g/mol. The quantitative estimate of drug-likeness (QED) is 0.166. The van der Waals surface area contributed by atoms with Gasteiger partial charge in [-0.3, -0.25) is 15.0 Å². The summed E-state index contributed by atoms with van der Waals surface area (Å²) < 4.78 is 97.1. The molecule has 0 saturated carbocycles. The minimum absolute atomic E-state index is 0.0689. The Labute approximate surface area is 423 Å². The lowest BCUT2D eigenvalue weighted by molar-refractivity contribution is -0.660. The van der Waals surface area contributed by atoms with Gasteiger partial charge in [-0.05, 0) is 172 Å². The van der Waals surface area contributed by atoms with Crippen LogP contribution >= 0.6 is 0 Å². The van der Waals surface area contributed by atoms with Gasteiger partial charge in [0.25, 0.3) is 0 Å². The Bertz CT molecular complexity index is 3840. The number of benzene rings is 3. The van der Waals surface area contributed by atoms with Crippen molar-refractivity contribution < 1.29 is 30.2 Å². The van der Waals surface area contributed by atoms with Gasteiger partial charge < -0.3 is 0 Å². The van der Waals surface area contributed by atoms with Gasteiger partial charge in [0.05, 0.1) is 33.2 Å². The van der Waals surface area contributed by atoms with E-state index < -0.39 is 27.4 Å². The first-order valence-corrected chi connectivity index (χ1v) is 23.0. The lowest BCUT2D eigenvalue weighted by Gasteiger charge is -2.23. The highest BCUT2D eigenvalue weighted by Gasteiger charge is 2.25. The zero-order valence-electron chi connectivity index (χ0n) is 54.2. The Morgan fingerprint density at radius 1 is 0.397 bits per heavy atom. The molecule has 0 aliphatic rings. The van der Waals surface area contributed by atoms with Crippen LogP contribution in [0, 0.1) is 62.0 Å². The fraction of sp³-hybridized carbons (Fsp3) is 0.323. The maximum atomic E-state index is 7.75. The Morgan fingerprint density at radius 2 is 0.779 bits per heavy atom. The molecule has 0 unspecified atom stereocenters. The van der Waals surface area contributed by atoms with Crippen LogP contribution in [0.1, 0.15) is 119 Å². The second kappa shape index (κ2) is 19.1. The third-order valence-corrected chi connectivity index (χ3v) is 12.7. The Kier molecular flexibility index (Phi) is 9.99. The summed E-state index contributed by atoms with van der Waals surface area (Å²) in [6.45, 7) is 14.7. The molecule has 6 aromatic heterocycles. The van der Waals surface area contributed by atoms with Crippen LogP contribution < -0.4 is 13.7 Å². The third-order valence-electron chi connectivity index (χ3n) is 12.7. The summed E-state index contributed by atoms with van der Waals surface area (Å²) in [6.07, 6.45) is 10.2. The fourth-order valence-corrected chi connectivity index (χ4v) is 9.16. The standard InChI is InChI=1S/2C22H27N2.C18H19N2/c2*1-14-8-9-20(24(7)13-14)17-11-19(22(4,5)6)18-10-15(2)12-23-21(18)16(17)3;1-12-5-8-17(20(4)11-12)16-7-6-15-9-13(2)10-19-18(15)14(16)3/h2*8-13H,1-7H3;5-11H,1-4H3/q3*+1/i1D3,2D3;;1D3,2D3. The van der Waals surface area contributed by atoms with E-state index in [4.69, 9.17) is 21.4 Å². The molecule has 9 rings (SSSR count).